The lowest BCUT2D eigenvalue weighted by molar-refractivity contribution is -0.116. The molecule has 1 aromatic heterocycles. The number of nitrogens with zero attached hydrogens (tertiary/aromatic N) is 2. The maximum absolute atomic E-state index is 12.6. The number of nitrogens with one attached hydrogen (secondary N) is 2. The zero-order valence-electron chi connectivity index (χ0n) is 19.7. The molecule has 0 unspecified atom stereocenters. The van der Waals surface area contributed by atoms with Crippen LogP contribution < -0.4 is 10.6 Å². The Morgan fingerprint density at radius 1 is 1.09 bits per heavy atom. The molecule has 1 heterocycles. The Morgan fingerprint density at radius 3 is 2.31 bits per heavy atom. The summed E-state index contributed by atoms with van der Waals surface area (Å²) < 4.78 is 6.91. The van der Waals surface area contributed by atoms with Gasteiger partial charge in [0.05, 0.1) is 5.69 Å². The normalized spacial score (nSPS) is 13.0. The van der Waals surface area contributed by atoms with Crippen molar-refractivity contribution in [3.63, 3.8) is 0 Å². The molecule has 9 nitrogen and oxygen atoms in total. The molecule has 182 valence electrons. The summed E-state index contributed by atoms with van der Waals surface area (Å²) >= 11 is 0. The highest BCUT2D eigenvalue weighted by Gasteiger charge is 2.29. The minimum atomic E-state index is -1.23. The quantitative estimate of drug-likeness (QED) is 0.426. The summed E-state index contributed by atoms with van der Waals surface area (Å²) in [5.74, 6) is -1.71. The van der Waals surface area contributed by atoms with Crippen molar-refractivity contribution in [1.82, 2.24) is 15.1 Å². The Bertz CT molecular complexity index is 1210. The number of alkyl carbamates (subject to hydrolysis) is 1. The lowest BCUT2D eigenvalue weighted by atomic mass is 9.98. The predicted octanol–water partition coefficient (Wildman–Crippen LogP) is 4.15. The van der Waals surface area contributed by atoms with Gasteiger partial charge in [-0.1, -0.05) is 61.9 Å². The highest BCUT2D eigenvalue weighted by Crippen LogP contribution is 2.44. The summed E-state index contributed by atoms with van der Waals surface area (Å²) in [5, 5.41) is 18.4. The number of aromatic carboxylic acids is 1. The lowest BCUT2D eigenvalue weighted by Crippen LogP contribution is -2.38. The monoisotopic (exact) mass is 476 g/mol. The molecule has 2 aromatic carbocycles. The molecule has 0 bridgehead atoms. The average molecular weight is 477 g/mol. The first-order valence-corrected chi connectivity index (χ1v) is 11.6. The number of rotatable bonds is 9. The third-order valence-electron chi connectivity index (χ3n) is 6.04. The van der Waals surface area contributed by atoms with Crippen LogP contribution in [0.2, 0.25) is 0 Å². The Morgan fingerprint density at radius 2 is 1.71 bits per heavy atom. The number of carboxylic acids is 1. The van der Waals surface area contributed by atoms with Crippen molar-refractivity contribution in [2.75, 3.05) is 11.9 Å². The maximum atomic E-state index is 12.6. The van der Waals surface area contributed by atoms with Gasteiger partial charge in [0, 0.05) is 31.6 Å². The Kier molecular flexibility index (Phi) is 7.14. The second-order valence-electron chi connectivity index (χ2n) is 8.58. The van der Waals surface area contributed by atoms with Crippen LogP contribution in [0.3, 0.4) is 0 Å². The van der Waals surface area contributed by atoms with Crippen molar-refractivity contribution in [3.8, 4) is 11.1 Å². The van der Waals surface area contributed by atoms with Gasteiger partial charge in [-0.3, -0.25) is 9.48 Å². The maximum Gasteiger partial charge on any atom is 0.407 e. The number of hydrogen-bond donors (Lipinski definition) is 3. The number of amides is 2. The number of fused-ring (bicyclic) bond motifs is 3. The van der Waals surface area contributed by atoms with Gasteiger partial charge in [0.1, 0.15) is 6.61 Å². The number of carboxylic acid groups (broad SMARTS) is 1. The van der Waals surface area contributed by atoms with E-state index in [0.717, 1.165) is 28.7 Å². The molecule has 0 radical (unpaired) electrons. The minimum absolute atomic E-state index is 0.0218. The van der Waals surface area contributed by atoms with E-state index in [1.165, 1.54) is 10.9 Å². The number of hydrogen-bond acceptors (Lipinski definition) is 5. The molecular formula is C26H28N4O5. The average Bonchev–Trinajstić information content (AvgIpc) is 3.35. The first-order valence-electron chi connectivity index (χ1n) is 11.6. The van der Waals surface area contributed by atoms with Crippen LogP contribution in [0.5, 0.6) is 0 Å². The first-order chi connectivity index (χ1) is 16.9. The van der Waals surface area contributed by atoms with E-state index in [4.69, 9.17) is 4.74 Å². The molecule has 1 aliphatic carbocycles. The Balaban J connectivity index is 1.36. The van der Waals surface area contributed by atoms with Gasteiger partial charge in [-0.05, 0) is 28.7 Å². The van der Waals surface area contributed by atoms with Crippen LogP contribution in [0, 0.1) is 0 Å². The SMILES string of the molecule is CCC[C@@H](CC(=O)Nc1cn(C)nc1C(=O)O)NC(=O)OCC1c2ccccc2-c2ccccc21. The van der Waals surface area contributed by atoms with Crippen LogP contribution in [-0.4, -0.2) is 45.5 Å². The van der Waals surface area contributed by atoms with Gasteiger partial charge >= 0.3 is 12.1 Å². The fraction of sp³-hybridized carbons (Fsp3) is 0.308. The largest absolute Gasteiger partial charge is 0.476 e. The van der Waals surface area contributed by atoms with E-state index in [-0.39, 0.29) is 30.3 Å². The zero-order chi connectivity index (χ0) is 24.9. The second-order valence-corrected chi connectivity index (χ2v) is 8.58. The first kappa shape index (κ1) is 24.0. The molecule has 0 fully saturated rings. The summed E-state index contributed by atoms with van der Waals surface area (Å²) in [7, 11) is 1.57. The molecule has 1 atom stereocenters. The molecule has 9 heteroatoms. The summed E-state index contributed by atoms with van der Waals surface area (Å²) in [6.45, 7) is 2.14. The van der Waals surface area contributed by atoms with Crippen LogP contribution in [0.4, 0.5) is 10.5 Å². The highest BCUT2D eigenvalue weighted by atomic mass is 16.5. The van der Waals surface area contributed by atoms with Crippen LogP contribution >= 0.6 is 0 Å². The number of aromatic nitrogens is 2. The third kappa shape index (κ3) is 5.34. The minimum Gasteiger partial charge on any atom is -0.476 e. The van der Waals surface area contributed by atoms with Gasteiger partial charge in [0.25, 0.3) is 0 Å². The van der Waals surface area contributed by atoms with Gasteiger partial charge in [0.2, 0.25) is 5.91 Å². The number of aryl methyl sites for hydroxylation is 1. The van der Waals surface area contributed by atoms with Crippen molar-refractivity contribution < 1.29 is 24.2 Å². The highest BCUT2D eigenvalue weighted by molar-refractivity contribution is 5.99. The lowest BCUT2D eigenvalue weighted by Gasteiger charge is -2.19. The molecule has 3 aromatic rings. The summed E-state index contributed by atoms with van der Waals surface area (Å²) in [6, 6.07) is 15.7. The van der Waals surface area contributed by atoms with E-state index in [9.17, 15) is 19.5 Å². The molecule has 0 saturated heterocycles. The number of ether oxygens (including phenoxy) is 1. The number of benzene rings is 2. The van der Waals surface area contributed by atoms with Crippen LogP contribution in [-0.2, 0) is 16.6 Å². The van der Waals surface area contributed by atoms with E-state index in [1.54, 1.807) is 7.05 Å². The summed E-state index contributed by atoms with van der Waals surface area (Å²) in [6.07, 6.45) is 2.12. The van der Waals surface area contributed by atoms with E-state index >= 15 is 0 Å². The van der Waals surface area contributed by atoms with Crippen molar-refractivity contribution >= 4 is 23.7 Å². The van der Waals surface area contributed by atoms with E-state index in [1.807, 2.05) is 31.2 Å². The molecule has 3 N–H and O–H groups in total. The van der Waals surface area contributed by atoms with E-state index in [0.29, 0.717) is 6.42 Å². The fourth-order valence-electron chi connectivity index (χ4n) is 4.54. The van der Waals surface area contributed by atoms with Gasteiger partial charge in [-0.15, -0.1) is 0 Å². The van der Waals surface area contributed by atoms with Crippen molar-refractivity contribution in [3.05, 3.63) is 71.5 Å². The van der Waals surface area contributed by atoms with Gasteiger partial charge in [-0.25, -0.2) is 9.59 Å². The molecule has 1 aliphatic rings. The molecule has 0 saturated carbocycles. The predicted molar refractivity (Wildman–Crippen MR) is 130 cm³/mol. The summed E-state index contributed by atoms with van der Waals surface area (Å²) in [4.78, 5) is 36.5. The molecule has 35 heavy (non-hydrogen) atoms. The van der Waals surface area contributed by atoms with Crippen molar-refractivity contribution in [1.29, 1.82) is 0 Å². The number of anilines is 1. The van der Waals surface area contributed by atoms with Gasteiger partial charge < -0.3 is 20.5 Å². The fourth-order valence-corrected chi connectivity index (χ4v) is 4.54. The molecule has 0 spiro atoms. The van der Waals surface area contributed by atoms with Crippen LogP contribution in [0.1, 0.15) is 53.7 Å². The molecule has 0 aliphatic heterocycles. The zero-order valence-corrected chi connectivity index (χ0v) is 19.7. The molecule has 4 rings (SSSR count). The standard InChI is InChI=1S/C26H28N4O5/c1-3-8-16(13-23(31)28-22-14-30(2)29-24(22)25(32)33)27-26(34)35-15-21-19-11-6-4-9-17(19)18-10-5-7-12-20(18)21/h4-7,9-12,14,16,21H,3,8,13,15H2,1-2H3,(H,27,34)(H,28,31)(H,32,33)/t16-/m0/s1. The van der Waals surface area contributed by atoms with Gasteiger partial charge in [-0.2, -0.15) is 5.10 Å². The second kappa shape index (κ2) is 10.4. The van der Waals surface area contributed by atoms with Crippen molar-refractivity contribution in [2.24, 2.45) is 7.05 Å². The molecular weight excluding hydrogens is 448 g/mol. The smallest absolute Gasteiger partial charge is 0.407 e. The topological polar surface area (TPSA) is 123 Å². The van der Waals surface area contributed by atoms with Gasteiger partial charge in [0.15, 0.2) is 5.69 Å². The van der Waals surface area contributed by atoms with Crippen LogP contribution in [0.25, 0.3) is 11.1 Å². The van der Waals surface area contributed by atoms with Crippen molar-refractivity contribution in [2.45, 2.75) is 38.1 Å². The van der Waals surface area contributed by atoms with E-state index in [2.05, 4.69) is 40.0 Å². The summed E-state index contributed by atoms with van der Waals surface area (Å²) in [5.41, 5.74) is 4.41. The van der Waals surface area contributed by atoms with E-state index < -0.39 is 24.0 Å². The Labute approximate surface area is 203 Å². The number of carbonyl (C=O) groups excluding carboxylic acids is 2. The van der Waals surface area contributed by atoms with Crippen LogP contribution in [0.15, 0.2) is 54.7 Å². The molecule has 2 amide bonds. The third-order valence-corrected chi connectivity index (χ3v) is 6.04. The Hall–Kier alpha value is -4.14. The number of carbonyl (C=O) groups is 3.